The highest BCUT2D eigenvalue weighted by Crippen LogP contribution is 2.29. The number of halogens is 4. The highest BCUT2D eigenvalue weighted by atomic mass is 35.5. The molecule has 6 nitrogen and oxygen atoms in total. The molecule has 0 atom stereocenters. The van der Waals surface area contributed by atoms with Crippen molar-refractivity contribution < 1.29 is 17.7 Å². The molecule has 3 heterocycles. The Labute approximate surface area is 160 Å². The van der Waals surface area contributed by atoms with Crippen molar-refractivity contribution in [2.24, 2.45) is 0 Å². The van der Waals surface area contributed by atoms with E-state index >= 15 is 0 Å². The number of hydrogen-bond donors (Lipinski definition) is 0. The lowest BCUT2D eigenvalue weighted by atomic mass is 10.1. The van der Waals surface area contributed by atoms with Gasteiger partial charge in [0.25, 0.3) is 5.56 Å². The molecule has 0 aliphatic heterocycles. The Balaban J connectivity index is 1.63. The van der Waals surface area contributed by atoms with Crippen molar-refractivity contribution >= 4 is 22.5 Å². The maximum Gasteiger partial charge on any atom is 0.471 e. The predicted molar refractivity (Wildman–Crippen MR) is 94.9 cm³/mol. The van der Waals surface area contributed by atoms with Gasteiger partial charge in [0, 0.05) is 29.4 Å². The highest BCUT2D eigenvalue weighted by Gasteiger charge is 2.38. The molecule has 0 fully saturated rings. The third-order valence-corrected chi connectivity index (χ3v) is 4.36. The Morgan fingerprint density at radius 1 is 1.14 bits per heavy atom. The molecular formula is C18H10ClF3N4O2. The number of fused-ring (bicyclic) bond motifs is 1. The van der Waals surface area contributed by atoms with E-state index in [0.29, 0.717) is 5.02 Å². The molecule has 0 aliphatic rings. The van der Waals surface area contributed by atoms with Crippen LogP contribution in [0.25, 0.3) is 22.3 Å². The average Bonchev–Trinajstić information content (AvgIpc) is 3.15. The summed E-state index contributed by atoms with van der Waals surface area (Å²) in [5.74, 6) is -1.77. The van der Waals surface area contributed by atoms with Gasteiger partial charge in [-0.15, -0.1) is 0 Å². The topological polar surface area (TPSA) is 73.8 Å². The van der Waals surface area contributed by atoms with Crippen LogP contribution in [0.15, 0.2) is 58.1 Å². The van der Waals surface area contributed by atoms with Crippen LogP contribution in [0.1, 0.15) is 11.5 Å². The number of alkyl halides is 3. The second-order valence-electron chi connectivity index (χ2n) is 5.95. The summed E-state index contributed by atoms with van der Waals surface area (Å²) in [6, 6.07) is 9.73. The smallest absolute Gasteiger partial charge is 0.329 e. The maximum absolute atomic E-state index is 12.6. The third-order valence-electron chi connectivity index (χ3n) is 4.03. The molecule has 0 radical (unpaired) electrons. The van der Waals surface area contributed by atoms with Crippen LogP contribution in [0.5, 0.6) is 0 Å². The summed E-state index contributed by atoms with van der Waals surface area (Å²) in [5, 5.41) is 4.59. The SMILES string of the molecule is O=c1cc(-c2noc(C(F)(F)F)n2)ccn1Cc1ccc2nccc(Cl)c2c1. The fraction of sp³-hybridized carbons (Fsp3) is 0.111. The lowest BCUT2D eigenvalue weighted by Crippen LogP contribution is -2.19. The molecule has 1 aromatic carbocycles. The van der Waals surface area contributed by atoms with Crippen LogP contribution >= 0.6 is 11.6 Å². The number of hydrogen-bond acceptors (Lipinski definition) is 5. The zero-order valence-electron chi connectivity index (χ0n) is 13.9. The fourth-order valence-electron chi connectivity index (χ4n) is 2.69. The van der Waals surface area contributed by atoms with Gasteiger partial charge in [0.2, 0.25) is 5.82 Å². The van der Waals surface area contributed by atoms with E-state index in [9.17, 15) is 18.0 Å². The monoisotopic (exact) mass is 406 g/mol. The van der Waals surface area contributed by atoms with E-state index in [0.717, 1.165) is 22.5 Å². The van der Waals surface area contributed by atoms with Crippen LogP contribution in [-0.4, -0.2) is 19.7 Å². The van der Waals surface area contributed by atoms with Crippen molar-refractivity contribution in [1.29, 1.82) is 0 Å². The highest BCUT2D eigenvalue weighted by molar-refractivity contribution is 6.35. The standard InChI is InChI=1S/C18H10ClF3N4O2/c19-13-3-5-23-14-2-1-10(7-12(13)14)9-26-6-4-11(8-15(26)27)16-24-17(28-25-16)18(20,21)22/h1-8H,9H2. The molecule has 0 saturated heterocycles. The van der Waals surface area contributed by atoms with Crippen LogP contribution in [0, 0.1) is 0 Å². The van der Waals surface area contributed by atoms with E-state index in [4.69, 9.17) is 11.6 Å². The molecule has 0 aliphatic carbocycles. The molecular weight excluding hydrogens is 397 g/mol. The van der Waals surface area contributed by atoms with E-state index in [1.165, 1.54) is 16.8 Å². The number of nitrogens with zero attached hydrogens (tertiary/aromatic N) is 4. The van der Waals surface area contributed by atoms with Crippen molar-refractivity contribution in [1.82, 2.24) is 19.7 Å². The van der Waals surface area contributed by atoms with Crippen LogP contribution in [0.2, 0.25) is 5.02 Å². The number of rotatable bonds is 3. The molecule has 4 rings (SSSR count). The second-order valence-corrected chi connectivity index (χ2v) is 6.35. The molecule has 28 heavy (non-hydrogen) atoms. The van der Waals surface area contributed by atoms with Crippen molar-refractivity contribution in [3.8, 4) is 11.4 Å². The summed E-state index contributed by atoms with van der Waals surface area (Å²) in [6.07, 6.45) is -1.68. The average molecular weight is 407 g/mol. The molecule has 142 valence electrons. The molecule has 0 amide bonds. The first-order chi connectivity index (χ1) is 13.3. The molecule has 0 unspecified atom stereocenters. The maximum atomic E-state index is 12.6. The zero-order chi connectivity index (χ0) is 19.9. The quantitative estimate of drug-likeness (QED) is 0.510. The Morgan fingerprint density at radius 3 is 2.68 bits per heavy atom. The van der Waals surface area contributed by atoms with Gasteiger partial charge in [0.1, 0.15) is 0 Å². The van der Waals surface area contributed by atoms with Crippen molar-refractivity contribution in [3.05, 3.63) is 75.6 Å². The molecule has 3 aromatic heterocycles. The first-order valence-corrected chi connectivity index (χ1v) is 8.34. The Morgan fingerprint density at radius 2 is 1.96 bits per heavy atom. The van der Waals surface area contributed by atoms with Gasteiger partial charge in [-0.1, -0.05) is 22.8 Å². The van der Waals surface area contributed by atoms with Gasteiger partial charge in [-0.3, -0.25) is 9.78 Å². The minimum atomic E-state index is -4.74. The second kappa shape index (κ2) is 6.75. The normalized spacial score (nSPS) is 11.9. The summed E-state index contributed by atoms with van der Waals surface area (Å²) < 4.78 is 43.3. The molecule has 4 aromatic rings. The minimum Gasteiger partial charge on any atom is -0.329 e. The number of pyridine rings is 2. The van der Waals surface area contributed by atoms with Gasteiger partial charge < -0.3 is 9.09 Å². The lowest BCUT2D eigenvalue weighted by Gasteiger charge is -2.08. The zero-order valence-corrected chi connectivity index (χ0v) is 14.7. The first kappa shape index (κ1) is 18.2. The summed E-state index contributed by atoms with van der Waals surface area (Å²) in [4.78, 5) is 19.9. The van der Waals surface area contributed by atoms with E-state index < -0.39 is 17.6 Å². The number of benzene rings is 1. The van der Waals surface area contributed by atoms with Crippen molar-refractivity contribution in [3.63, 3.8) is 0 Å². The molecule has 0 bridgehead atoms. The van der Waals surface area contributed by atoms with Gasteiger partial charge in [0.05, 0.1) is 17.1 Å². The van der Waals surface area contributed by atoms with Gasteiger partial charge in [-0.05, 0) is 29.8 Å². The van der Waals surface area contributed by atoms with Gasteiger partial charge in [-0.2, -0.15) is 18.2 Å². The summed E-state index contributed by atoms with van der Waals surface area (Å²) in [7, 11) is 0. The van der Waals surface area contributed by atoms with Gasteiger partial charge in [-0.25, -0.2) is 0 Å². The largest absolute Gasteiger partial charge is 0.471 e. The third kappa shape index (κ3) is 3.48. The van der Waals surface area contributed by atoms with Crippen molar-refractivity contribution in [2.45, 2.75) is 12.7 Å². The van der Waals surface area contributed by atoms with E-state index in [1.54, 1.807) is 18.3 Å². The van der Waals surface area contributed by atoms with Gasteiger partial charge in [0.15, 0.2) is 0 Å². The molecule has 0 N–H and O–H groups in total. The van der Waals surface area contributed by atoms with E-state index in [-0.39, 0.29) is 17.9 Å². The Kier molecular flexibility index (Phi) is 4.38. The molecule has 0 saturated carbocycles. The van der Waals surface area contributed by atoms with Crippen LogP contribution < -0.4 is 5.56 Å². The Bertz CT molecular complexity index is 1230. The summed E-state index contributed by atoms with van der Waals surface area (Å²) in [6.45, 7) is 0.250. The van der Waals surface area contributed by atoms with Crippen LogP contribution in [0.3, 0.4) is 0 Å². The van der Waals surface area contributed by atoms with E-state index in [1.807, 2.05) is 12.1 Å². The molecule has 0 spiro atoms. The summed E-state index contributed by atoms with van der Waals surface area (Å²) >= 11 is 6.17. The lowest BCUT2D eigenvalue weighted by molar-refractivity contribution is -0.159. The predicted octanol–water partition coefficient (Wildman–Crippen LogP) is 4.17. The van der Waals surface area contributed by atoms with E-state index in [2.05, 4.69) is 19.6 Å². The van der Waals surface area contributed by atoms with Gasteiger partial charge >= 0.3 is 12.1 Å². The Hall–Kier alpha value is -3.20. The number of aromatic nitrogens is 4. The summed E-state index contributed by atoms with van der Waals surface area (Å²) in [5.41, 5.74) is 1.26. The van der Waals surface area contributed by atoms with Crippen molar-refractivity contribution in [2.75, 3.05) is 0 Å². The fourth-order valence-corrected chi connectivity index (χ4v) is 2.90. The van der Waals surface area contributed by atoms with Crippen LogP contribution in [0.4, 0.5) is 13.2 Å². The van der Waals surface area contributed by atoms with Crippen LogP contribution in [-0.2, 0) is 12.7 Å². The minimum absolute atomic E-state index is 0.131. The molecule has 10 heteroatoms. The first-order valence-electron chi connectivity index (χ1n) is 7.96.